The van der Waals surface area contributed by atoms with Gasteiger partial charge in [-0.05, 0) is 31.1 Å². The molecule has 2 fully saturated rings. The third-order valence-electron chi connectivity index (χ3n) is 4.13. The Kier molecular flexibility index (Phi) is 3.04. The molecule has 0 aromatic carbocycles. The van der Waals surface area contributed by atoms with Crippen LogP contribution < -0.4 is 10.6 Å². The highest BCUT2D eigenvalue weighted by molar-refractivity contribution is 7.09. The zero-order chi connectivity index (χ0) is 11.8. The molecule has 0 amide bonds. The van der Waals surface area contributed by atoms with Gasteiger partial charge in [-0.15, -0.1) is 0 Å². The minimum Gasteiger partial charge on any atom is -0.346 e. The largest absolute Gasteiger partial charge is 0.346 e. The number of aromatic nitrogens is 2. The van der Waals surface area contributed by atoms with Crippen LogP contribution >= 0.6 is 11.5 Å². The average molecular weight is 252 g/mol. The van der Waals surface area contributed by atoms with E-state index in [0.29, 0.717) is 6.04 Å². The van der Waals surface area contributed by atoms with Gasteiger partial charge < -0.3 is 10.6 Å². The maximum Gasteiger partial charge on any atom is 0.205 e. The molecule has 5 heteroatoms. The average Bonchev–Trinajstić information content (AvgIpc) is 2.93. The molecule has 94 valence electrons. The van der Waals surface area contributed by atoms with Gasteiger partial charge >= 0.3 is 0 Å². The summed E-state index contributed by atoms with van der Waals surface area (Å²) in [7, 11) is 0. The molecule has 1 aromatic rings. The minimum atomic E-state index is 0.428. The molecule has 1 aliphatic heterocycles. The second kappa shape index (κ2) is 4.53. The summed E-state index contributed by atoms with van der Waals surface area (Å²) in [4.78, 5) is 7.01. The number of hydrogen-bond donors (Lipinski definition) is 1. The first kappa shape index (κ1) is 11.4. The van der Waals surface area contributed by atoms with Crippen molar-refractivity contribution in [2.75, 3.05) is 18.0 Å². The van der Waals surface area contributed by atoms with Crippen molar-refractivity contribution in [3.8, 4) is 0 Å². The monoisotopic (exact) mass is 252 g/mol. The molecular weight excluding hydrogens is 232 g/mol. The molecule has 1 unspecified atom stereocenters. The minimum absolute atomic E-state index is 0.428. The van der Waals surface area contributed by atoms with Crippen LogP contribution in [-0.2, 0) is 6.42 Å². The second-order valence-electron chi connectivity index (χ2n) is 5.35. The summed E-state index contributed by atoms with van der Waals surface area (Å²) in [5.74, 6) is 2.60. The molecule has 2 heterocycles. The summed E-state index contributed by atoms with van der Waals surface area (Å²) < 4.78 is 4.38. The predicted molar refractivity (Wildman–Crippen MR) is 70.3 cm³/mol. The van der Waals surface area contributed by atoms with E-state index in [-0.39, 0.29) is 0 Å². The third-order valence-corrected chi connectivity index (χ3v) is 4.95. The lowest BCUT2D eigenvalue weighted by molar-refractivity contribution is 0.271. The highest BCUT2D eigenvalue weighted by atomic mass is 32.1. The van der Waals surface area contributed by atoms with E-state index in [4.69, 9.17) is 5.73 Å². The molecule has 2 N–H and O–H groups in total. The zero-order valence-corrected chi connectivity index (χ0v) is 11.1. The van der Waals surface area contributed by atoms with Crippen LogP contribution in [0.3, 0.4) is 0 Å². The van der Waals surface area contributed by atoms with Gasteiger partial charge in [0.05, 0.1) is 0 Å². The number of rotatable bonds is 2. The fraction of sp³-hybridized carbons (Fsp3) is 0.833. The number of nitrogens with two attached hydrogens (primary N) is 1. The van der Waals surface area contributed by atoms with Crippen LogP contribution in [0.25, 0.3) is 0 Å². The molecule has 0 radical (unpaired) electrons. The number of anilines is 1. The normalized spacial score (nSPS) is 32.8. The first-order valence-corrected chi connectivity index (χ1v) is 7.36. The fourth-order valence-corrected chi connectivity index (χ4v) is 3.91. The molecular formula is C12H20N4S. The van der Waals surface area contributed by atoms with Crippen molar-refractivity contribution in [2.24, 2.45) is 17.6 Å². The Labute approximate surface area is 106 Å². The topological polar surface area (TPSA) is 55.0 Å². The highest BCUT2D eigenvalue weighted by Gasteiger charge is 2.37. The predicted octanol–water partition coefficient (Wildman–Crippen LogP) is 1.66. The van der Waals surface area contributed by atoms with E-state index in [2.05, 4.69) is 21.2 Å². The van der Waals surface area contributed by atoms with Crippen molar-refractivity contribution in [1.29, 1.82) is 0 Å². The molecule has 2 aliphatic rings. The SMILES string of the molecule is CCc1nsc(N2C[C@H]3CCC(N)C[C@H]3C2)n1. The van der Waals surface area contributed by atoms with Crippen molar-refractivity contribution >= 4 is 16.7 Å². The van der Waals surface area contributed by atoms with Crippen LogP contribution in [0.4, 0.5) is 5.13 Å². The lowest BCUT2D eigenvalue weighted by Crippen LogP contribution is -2.32. The van der Waals surface area contributed by atoms with Crippen LogP contribution in [0.5, 0.6) is 0 Å². The number of aryl methyl sites for hydroxylation is 1. The van der Waals surface area contributed by atoms with Crippen molar-refractivity contribution in [1.82, 2.24) is 9.36 Å². The second-order valence-corrected chi connectivity index (χ2v) is 6.08. The quantitative estimate of drug-likeness (QED) is 0.870. The molecule has 1 saturated heterocycles. The molecule has 4 nitrogen and oxygen atoms in total. The summed E-state index contributed by atoms with van der Waals surface area (Å²) in [6.45, 7) is 4.40. The molecule has 3 atom stereocenters. The summed E-state index contributed by atoms with van der Waals surface area (Å²) in [5.41, 5.74) is 6.06. The molecule has 1 aliphatic carbocycles. The van der Waals surface area contributed by atoms with Gasteiger partial charge in [0.15, 0.2) is 0 Å². The Bertz CT molecular complexity index is 392. The Morgan fingerprint density at radius 1 is 1.35 bits per heavy atom. The van der Waals surface area contributed by atoms with Gasteiger partial charge in [0.25, 0.3) is 0 Å². The van der Waals surface area contributed by atoms with Gasteiger partial charge in [0.1, 0.15) is 5.82 Å². The van der Waals surface area contributed by atoms with Crippen LogP contribution in [0.15, 0.2) is 0 Å². The zero-order valence-electron chi connectivity index (χ0n) is 10.3. The van der Waals surface area contributed by atoms with Crippen molar-refractivity contribution < 1.29 is 0 Å². The number of hydrogen-bond acceptors (Lipinski definition) is 5. The maximum atomic E-state index is 6.06. The van der Waals surface area contributed by atoms with E-state index < -0.39 is 0 Å². The summed E-state index contributed by atoms with van der Waals surface area (Å²) in [6.07, 6.45) is 4.62. The lowest BCUT2D eigenvalue weighted by atomic mass is 9.79. The van der Waals surface area contributed by atoms with E-state index in [1.54, 1.807) is 11.5 Å². The number of fused-ring (bicyclic) bond motifs is 1. The van der Waals surface area contributed by atoms with Crippen LogP contribution in [0, 0.1) is 11.8 Å². The van der Waals surface area contributed by atoms with E-state index >= 15 is 0 Å². The van der Waals surface area contributed by atoms with E-state index in [1.807, 2.05) is 0 Å². The van der Waals surface area contributed by atoms with E-state index in [9.17, 15) is 0 Å². The summed E-state index contributed by atoms with van der Waals surface area (Å²) >= 11 is 1.55. The van der Waals surface area contributed by atoms with Gasteiger partial charge in [0.2, 0.25) is 5.13 Å². The maximum absolute atomic E-state index is 6.06. The molecule has 1 saturated carbocycles. The van der Waals surface area contributed by atoms with Gasteiger partial charge in [-0.1, -0.05) is 6.92 Å². The Morgan fingerprint density at radius 3 is 2.94 bits per heavy atom. The van der Waals surface area contributed by atoms with Gasteiger partial charge in [0, 0.05) is 37.1 Å². The van der Waals surface area contributed by atoms with Gasteiger partial charge in [-0.2, -0.15) is 4.37 Å². The first-order chi connectivity index (χ1) is 8.26. The lowest BCUT2D eigenvalue weighted by Gasteiger charge is -2.27. The van der Waals surface area contributed by atoms with Gasteiger partial charge in [-0.3, -0.25) is 0 Å². The Hall–Kier alpha value is -0.680. The first-order valence-electron chi connectivity index (χ1n) is 6.59. The summed E-state index contributed by atoms with van der Waals surface area (Å²) in [6, 6.07) is 0.428. The van der Waals surface area contributed by atoms with Crippen LogP contribution in [0.2, 0.25) is 0 Å². The highest BCUT2D eigenvalue weighted by Crippen LogP contribution is 2.38. The molecule has 0 bridgehead atoms. The standard InChI is InChI=1S/C12H20N4S/c1-2-11-14-12(17-15-11)16-6-8-3-4-10(13)5-9(8)7-16/h8-10H,2-7,13H2,1H3/t8-,9+,10?/m1/s1. The Balaban J connectivity index is 1.70. The number of nitrogens with zero attached hydrogens (tertiary/aromatic N) is 3. The van der Waals surface area contributed by atoms with E-state index in [1.165, 1.54) is 19.3 Å². The van der Waals surface area contributed by atoms with Crippen LogP contribution in [-0.4, -0.2) is 28.5 Å². The van der Waals surface area contributed by atoms with Crippen LogP contribution in [0.1, 0.15) is 32.0 Å². The van der Waals surface area contributed by atoms with Crippen molar-refractivity contribution in [2.45, 2.75) is 38.6 Å². The summed E-state index contributed by atoms with van der Waals surface area (Å²) in [5, 5.41) is 1.12. The van der Waals surface area contributed by atoms with Gasteiger partial charge in [-0.25, -0.2) is 4.98 Å². The molecule has 17 heavy (non-hydrogen) atoms. The van der Waals surface area contributed by atoms with Crippen molar-refractivity contribution in [3.63, 3.8) is 0 Å². The molecule has 0 spiro atoms. The third kappa shape index (κ3) is 2.18. The van der Waals surface area contributed by atoms with Crippen molar-refractivity contribution in [3.05, 3.63) is 5.82 Å². The molecule has 3 rings (SSSR count). The fourth-order valence-electron chi connectivity index (χ4n) is 3.14. The van der Waals surface area contributed by atoms with E-state index in [0.717, 1.165) is 42.3 Å². The Morgan fingerprint density at radius 2 is 2.18 bits per heavy atom. The smallest absolute Gasteiger partial charge is 0.205 e. The molecule has 1 aromatic heterocycles.